The zero-order valence-electron chi connectivity index (χ0n) is 7.79. The first kappa shape index (κ1) is 13.9. The topological polar surface area (TPSA) is 43.4 Å². The van der Waals surface area contributed by atoms with E-state index in [1.165, 1.54) is 5.80 Å². The fourth-order valence-electron chi connectivity index (χ4n) is 0.279. The van der Waals surface area contributed by atoms with E-state index in [4.69, 9.17) is 0 Å². The number of hydrogen-bond acceptors (Lipinski definition) is 3. The van der Waals surface area contributed by atoms with Crippen LogP contribution >= 0.6 is 8.43 Å². The van der Waals surface area contributed by atoms with E-state index in [2.05, 4.69) is 3.97 Å². The summed E-state index contributed by atoms with van der Waals surface area (Å²) in [5.74, 6) is 1.32. The predicted molar refractivity (Wildman–Crippen MR) is 48.5 cm³/mol. The molecule has 0 saturated carbocycles. The summed E-state index contributed by atoms with van der Waals surface area (Å²) in [4.78, 5) is 0. The van der Waals surface area contributed by atoms with Crippen LogP contribution in [0.2, 0.25) is 0 Å². The van der Waals surface area contributed by atoms with Crippen LogP contribution in [-0.2, 0) is 14.1 Å². The lowest BCUT2D eigenvalue weighted by atomic mass is 10.0. The van der Waals surface area contributed by atoms with E-state index in [1.807, 2.05) is 0 Å². The van der Waals surface area contributed by atoms with Gasteiger partial charge < -0.3 is 0 Å². The van der Waals surface area contributed by atoms with Crippen LogP contribution in [0.15, 0.2) is 0 Å². The van der Waals surface area contributed by atoms with Crippen molar-refractivity contribution in [2.45, 2.75) is 26.3 Å². The summed E-state index contributed by atoms with van der Waals surface area (Å²) in [7, 11) is -5.80. The van der Waals surface area contributed by atoms with Crippen LogP contribution in [-0.4, -0.2) is 19.7 Å². The second kappa shape index (κ2) is 4.16. The average molecular weight is 250 g/mol. The lowest BCUT2D eigenvalue weighted by molar-refractivity contribution is -0.0494. The minimum Gasteiger partial charge on any atom is -0.205 e. The maximum absolute atomic E-state index is 11.7. The fourth-order valence-corrected chi connectivity index (χ4v) is 1.56. The molecule has 0 aliphatic rings. The van der Waals surface area contributed by atoms with Crippen molar-refractivity contribution in [3.05, 3.63) is 0 Å². The molecule has 0 saturated heterocycles. The summed E-state index contributed by atoms with van der Waals surface area (Å²) < 4.78 is 59.6. The minimum atomic E-state index is -5.46. The molecule has 0 radical (unpaired) electrons. The van der Waals surface area contributed by atoms with Crippen LogP contribution in [0, 0.1) is 5.41 Å². The van der Waals surface area contributed by atoms with Gasteiger partial charge in [-0.05, 0) is 11.2 Å². The normalized spacial score (nSPS) is 15.0. The van der Waals surface area contributed by atoms with Crippen molar-refractivity contribution in [2.75, 3.05) is 0 Å². The van der Waals surface area contributed by atoms with Gasteiger partial charge >= 0.3 is 15.6 Å². The number of alkyl halides is 3. The molecule has 14 heavy (non-hydrogen) atoms. The molecule has 8 heteroatoms. The number of rotatable bonds is 2. The summed E-state index contributed by atoms with van der Waals surface area (Å²) in [6, 6.07) is 0. The minimum absolute atomic E-state index is 0.332. The van der Waals surface area contributed by atoms with Gasteiger partial charge in [0.2, 0.25) is 0 Å². The third-order valence-electron chi connectivity index (χ3n) is 0.865. The lowest BCUT2D eigenvalue weighted by Crippen LogP contribution is -2.22. The van der Waals surface area contributed by atoms with Crippen molar-refractivity contribution < 1.29 is 25.6 Å². The summed E-state index contributed by atoms with van der Waals surface area (Å²) in [5, 5.41) is 0. The maximum atomic E-state index is 11.7. The van der Waals surface area contributed by atoms with Crippen LogP contribution in [0.5, 0.6) is 0 Å². The van der Waals surface area contributed by atoms with Crippen molar-refractivity contribution in [2.24, 2.45) is 5.41 Å². The summed E-state index contributed by atoms with van der Waals surface area (Å²) in [6.45, 7) is 5.14. The van der Waals surface area contributed by atoms with E-state index in [1.54, 1.807) is 20.8 Å². The predicted octanol–water partition coefficient (Wildman–Crippen LogP) is 2.56. The Bertz CT molecular complexity index is 312. The molecule has 0 bridgehead atoms. The first-order chi connectivity index (χ1) is 5.96. The molecule has 0 aromatic heterocycles. The smallest absolute Gasteiger partial charge is 0.205 e. The van der Waals surface area contributed by atoms with Gasteiger partial charge in [-0.15, -0.1) is 0 Å². The van der Waals surface area contributed by atoms with E-state index in [-0.39, 0.29) is 8.43 Å². The third kappa shape index (κ3) is 4.93. The van der Waals surface area contributed by atoms with Gasteiger partial charge in [-0.2, -0.15) is 21.6 Å². The van der Waals surface area contributed by atoms with E-state index in [0.29, 0.717) is 0 Å². The highest BCUT2D eigenvalue weighted by Gasteiger charge is 2.47. The van der Waals surface area contributed by atoms with Crippen molar-refractivity contribution in [3.63, 3.8) is 0 Å². The van der Waals surface area contributed by atoms with E-state index >= 15 is 0 Å². The Kier molecular flexibility index (Phi) is 4.12. The van der Waals surface area contributed by atoms with Gasteiger partial charge in [0.05, 0.1) is 8.43 Å². The van der Waals surface area contributed by atoms with Crippen molar-refractivity contribution in [3.8, 4) is 0 Å². The average Bonchev–Trinajstić information content (AvgIpc) is 1.80. The summed E-state index contributed by atoms with van der Waals surface area (Å²) in [6.07, 6.45) is 0. The summed E-state index contributed by atoms with van der Waals surface area (Å²) in [5.41, 5.74) is -5.76. The molecule has 0 atom stereocenters. The zero-order valence-corrected chi connectivity index (χ0v) is 9.50. The molecular formula is C6H10F3O3PS. The molecule has 0 aliphatic heterocycles. The Morgan fingerprint density at radius 3 is 1.93 bits per heavy atom. The molecule has 0 spiro atoms. The molecule has 0 aromatic rings. The molecule has 0 amide bonds. The van der Waals surface area contributed by atoms with Crippen LogP contribution in [0.3, 0.4) is 0 Å². The molecule has 0 aromatic carbocycles. The molecule has 0 fully saturated rings. The second-order valence-electron chi connectivity index (χ2n) is 3.57. The monoisotopic (exact) mass is 250 g/mol. The summed E-state index contributed by atoms with van der Waals surface area (Å²) >= 11 is 0. The maximum Gasteiger partial charge on any atom is 0.523 e. The highest BCUT2D eigenvalue weighted by molar-refractivity contribution is 7.90. The third-order valence-corrected chi connectivity index (χ3v) is 3.44. The van der Waals surface area contributed by atoms with E-state index < -0.39 is 21.0 Å². The van der Waals surface area contributed by atoms with E-state index in [0.717, 1.165) is 0 Å². The Hall–Kier alpha value is -0.130. The largest absolute Gasteiger partial charge is 0.523 e. The standard InChI is InChI=1S/C6H10F3O3PS/c1-5(2,3)4-13-12-14(10,11)6(7,8)9/h4H,1-3H3. The van der Waals surface area contributed by atoms with Gasteiger partial charge in [0.15, 0.2) is 0 Å². The van der Waals surface area contributed by atoms with Crippen molar-refractivity contribution in [1.82, 2.24) is 0 Å². The van der Waals surface area contributed by atoms with Crippen molar-refractivity contribution >= 4 is 24.3 Å². The van der Waals surface area contributed by atoms with Crippen LogP contribution in [0.1, 0.15) is 20.8 Å². The van der Waals surface area contributed by atoms with Gasteiger partial charge in [0, 0.05) is 0 Å². The zero-order chi connectivity index (χ0) is 11.6. The van der Waals surface area contributed by atoms with E-state index in [9.17, 15) is 21.6 Å². The first-order valence-corrected chi connectivity index (χ1v) is 5.79. The second-order valence-corrected chi connectivity index (χ2v) is 6.01. The molecule has 0 N–H and O–H groups in total. The Balaban J connectivity index is 4.52. The van der Waals surface area contributed by atoms with Crippen LogP contribution < -0.4 is 0 Å². The molecule has 3 nitrogen and oxygen atoms in total. The van der Waals surface area contributed by atoms with Crippen LogP contribution in [0.25, 0.3) is 0 Å². The molecule has 0 aliphatic carbocycles. The molecule has 84 valence electrons. The Labute approximate surface area is 82.3 Å². The quantitative estimate of drug-likeness (QED) is 0.558. The first-order valence-electron chi connectivity index (χ1n) is 3.50. The Morgan fingerprint density at radius 2 is 1.64 bits per heavy atom. The molecule has 0 unspecified atom stereocenters. The molecular weight excluding hydrogens is 240 g/mol. The van der Waals surface area contributed by atoms with Crippen LogP contribution in [0.4, 0.5) is 13.2 Å². The fraction of sp³-hybridized carbons (Fsp3) is 0.833. The van der Waals surface area contributed by atoms with Gasteiger partial charge in [-0.1, -0.05) is 20.8 Å². The molecule has 0 heterocycles. The van der Waals surface area contributed by atoms with Gasteiger partial charge in [-0.3, -0.25) is 0 Å². The molecule has 0 rings (SSSR count). The number of halogens is 3. The number of hydrogen-bond donors (Lipinski definition) is 0. The lowest BCUT2D eigenvalue weighted by Gasteiger charge is -2.10. The highest BCUT2D eigenvalue weighted by atomic mass is 32.2. The van der Waals surface area contributed by atoms with Gasteiger partial charge in [0.1, 0.15) is 0 Å². The van der Waals surface area contributed by atoms with Gasteiger partial charge in [-0.25, -0.2) is 3.97 Å². The Morgan fingerprint density at radius 1 is 1.21 bits per heavy atom. The van der Waals surface area contributed by atoms with Gasteiger partial charge in [0.25, 0.3) is 0 Å². The highest BCUT2D eigenvalue weighted by Crippen LogP contribution is 2.28. The van der Waals surface area contributed by atoms with Crippen molar-refractivity contribution in [1.29, 1.82) is 0 Å². The SMILES string of the molecule is CC(C)(C)C=POS(=O)(=O)C(F)(F)F.